The number of halogens is 2. The zero-order valence-corrected chi connectivity index (χ0v) is 20.2. The lowest BCUT2D eigenvalue weighted by atomic mass is 10.0. The van der Waals surface area contributed by atoms with Crippen molar-refractivity contribution in [1.82, 2.24) is 4.90 Å². The van der Waals surface area contributed by atoms with E-state index in [0.29, 0.717) is 47.9 Å². The van der Waals surface area contributed by atoms with Crippen LogP contribution >= 0.6 is 35.6 Å². The Morgan fingerprint density at radius 1 is 1.17 bits per heavy atom. The van der Waals surface area contributed by atoms with Gasteiger partial charge in [-0.25, -0.2) is 0 Å². The van der Waals surface area contributed by atoms with Crippen LogP contribution in [0.25, 0.3) is 0 Å². The number of hydrogen-bond acceptors (Lipinski definition) is 5. The Morgan fingerprint density at radius 2 is 1.87 bits per heavy atom. The fourth-order valence-corrected chi connectivity index (χ4v) is 3.41. The summed E-state index contributed by atoms with van der Waals surface area (Å²) in [5.74, 6) is 1.67. The predicted octanol–water partition coefficient (Wildman–Crippen LogP) is 3.78. The number of nitrogens with zero attached hydrogens (tertiary/aromatic N) is 2. The normalized spacial score (nSPS) is 15.8. The molecule has 7 nitrogen and oxygen atoms in total. The third-order valence-corrected chi connectivity index (χ3v) is 5.10. The van der Waals surface area contributed by atoms with Gasteiger partial charge in [-0.15, -0.1) is 24.0 Å². The summed E-state index contributed by atoms with van der Waals surface area (Å²) >= 11 is 6.06. The fourth-order valence-electron chi connectivity index (χ4n) is 3.28. The van der Waals surface area contributed by atoms with Crippen molar-refractivity contribution in [3.05, 3.63) is 53.1 Å². The molecule has 164 valence electrons. The van der Waals surface area contributed by atoms with E-state index in [-0.39, 0.29) is 30.0 Å². The van der Waals surface area contributed by atoms with Crippen LogP contribution in [0.3, 0.4) is 0 Å². The molecule has 1 atom stereocenters. The number of hydrogen-bond donors (Lipinski definition) is 2. The molecule has 0 amide bonds. The van der Waals surface area contributed by atoms with Crippen molar-refractivity contribution in [2.45, 2.75) is 6.04 Å². The van der Waals surface area contributed by atoms with Crippen LogP contribution in [-0.4, -0.2) is 57.9 Å². The van der Waals surface area contributed by atoms with Crippen molar-refractivity contribution < 1.29 is 14.2 Å². The summed E-state index contributed by atoms with van der Waals surface area (Å²) in [6.45, 7) is 3.62. The molecular formula is C21H28ClIN4O3. The number of nitrogens with two attached hydrogens (primary N) is 1. The lowest BCUT2D eigenvalue weighted by Crippen LogP contribution is -2.40. The highest BCUT2D eigenvalue weighted by Gasteiger charge is 2.22. The molecule has 2 aromatic rings. The first kappa shape index (κ1) is 24.5. The van der Waals surface area contributed by atoms with Crippen LogP contribution in [-0.2, 0) is 4.74 Å². The molecule has 0 spiro atoms. The number of benzene rings is 2. The molecule has 0 radical (unpaired) electrons. The minimum Gasteiger partial charge on any atom is -0.497 e. The van der Waals surface area contributed by atoms with Crippen molar-refractivity contribution in [3.8, 4) is 11.5 Å². The fraction of sp³-hybridized carbons (Fsp3) is 0.381. The third-order valence-electron chi connectivity index (χ3n) is 4.85. The molecule has 1 aliphatic rings. The van der Waals surface area contributed by atoms with Crippen molar-refractivity contribution in [3.63, 3.8) is 0 Å². The van der Waals surface area contributed by atoms with Crippen molar-refractivity contribution in [1.29, 1.82) is 0 Å². The zero-order valence-electron chi connectivity index (χ0n) is 17.1. The summed E-state index contributed by atoms with van der Waals surface area (Å²) in [6.07, 6.45) is 0. The van der Waals surface area contributed by atoms with Gasteiger partial charge in [0, 0.05) is 24.2 Å². The van der Waals surface area contributed by atoms with Gasteiger partial charge in [-0.1, -0.05) is 23.7 Å². The quantitative estimate of drug-likeness (QED) is 0.313. The van der Waals surface area contributed by atoms with Gasteiger partial charge >= 0.3 is 0 Å². The average molecular weight is 547 g/mol. The van der Waals surface area contributed by atoms with E-state index < -0.39 is 0 Å². The number of aliphatic imine (C=N–C) groups is 1. The lowest BCUT2D eigenvalue weighted by Gasteiger charge is -2.34. The molecule has 0 bridgehead atoms. The summed E-state index contributed by atoms with van der Waals surface area (Å²) in [5.41, 5.74) is 8.02. The highest BCUT2D eigenvalue weighted by Crippen LogP contribution is 2.29. The molecular weight excluding hydrogens is 519 g/mol. The molecule has 30 heavy (non-hydrogen) atoms. The van der Waals surface area contributed by atoms with Crippen LogP contribution in [0.5, 0.6) is 11.5 Å². The Morgan fingerprint density at radius 3 is 2.50 bits per heavy atom. The van der Waals surface area contributed by atoms with Gasteiger partial charge in [-0.3, -0.25) is 9.89 Å². The van der Waals surface area contributed by atoms with Crippen molar-refractivity contribution in [2.75, 3.05) is 52.4 Å². The SMILES string of the molecule is COc1ccc(OC)c(NC(N)=NCC(c2ccc(Cl)cc2)N2CCOCC2)c1.I. The van der Waals surface area contributed by atoms with Gasteiger partial charge in [0.05, 0.1) is 45.7 Å². The standard InChI is InChI=1S/C21H27ClN4O3.HI/c1-27-17-7-8-20(28-2)18(13-17)25-21(23)24-14-19(26-9-11-29-12-10-26)15-3-5-16(22)6-4-15;/h3-8,13,19H,9-12,14H2,1-2H3,(H3,23,24,25);1H. The Bertz CT molecular complexity index is 830. The van der Waals surface area contributed by atoms with Crippen LogP contribution in [0.1, 0.15) is 11.6 Å². The maximum atomic E-state index is 6.18. The minimum atomic E-state index is 0. The second-order valence-electron chi connectivity index (χ2n) is 6.63. The molecule has 1 aliphatic heterocycles. The number of nitrogens with one attached hydrogen (secondary N) is 1. The maximum absolute atomic E-state index is 6.18. The first-order valence-corrected chi connectivity index (χ1v) is 9.84. The number of ether oxygens (including phenoxy) is 3. The van der Waals surface area contributed by atoms with Crippen LogP contribution in [0.4, 0.5) is 5.69 Å². The molecule has 3 N–H and O–H groups in total. The van der Waals surface area contributed by atoms with E-state index in [4.69, 9.17) is 31.5 Å². The Kier molecular flexibility index (Phi) is 9.96. The Hall–Kier alpha value is -1.75. The highest BCUT2D eigenvalue weighted by atomic mass is 127. The summed E-state index contributed by atoms with van der Waals surface area (Å²) in [7, 11) is 3.22. The summed E-state index contributed by atoms with van der Waals surface area (Å²) in [6, 6.07) is 13.4. The van der Waals surface area contributed by atoms with Gasteiger partial charge in [0.25, 0.3) is 0 Å². The van der Waals surface area contributed by atoms with E-state index in [1.54, 1.807) is 14.2 Å². The highest BCUT2D eigenvalue weighted by molar-refractivity contribution is 14.0. The smallest absolute Gasteiger partial charge is 0.193 e. The third kappa shape index (κ3) is 6.63. The van der Waals surface area contributed by atoms with E-state index >= 15 is 0 Å². The second kappa shape index (κ2) is 12.2. The van der Waals surface area contributed by atoms with Gasteiger partial charge in [-0.05, 0) is 29.8 Å². The number of rotatable bonds is 7. The maximum Gasteiger partial charge on any atom is 0.193 e. The topological polar surface area (TPSA) is 81.3 Å². The van der Waals surface area contributed by atoms with Gasteiger partial charge < -0.3 is 25.3 Å². The van der Waals surface area contributed by atoms with E-state index in [1.165, 1.54) is 0 Å². The Balaban J connectivity index is 0.00000320. The first-order chi connectivity index (χ1) is 14.1. The molecule has 9 heteroatoms. The molecule has 0 aromatic heterocycles. The van der Waals surface area contributed by atoms with Crippen LogP contribution in [0.15, 0.2) is 47.5 Å². The largest absolute Gasteiger partial charge is 0.497 e. The predicted molar refractivity (Wildman–Crippen MR) is 132 cm³/mol. The van der Waals surface area contributed by atoms with E-state index in [1.807, 2.05) is 42.5 Å². The second-order valence-corrected chi connectivity index (χ2v) is 7.07. The van der Waals surface area contributed by atoms with Crippen LogP contribution < -0.4 is 20.5 Å². The van der Waals surface area contributed by atoms with Gasteiger partial charge in [0.15, 0.2) is 5.96 Å². The number of anilines is 1. The molecule has 1 saturated heterocycles. The molecule has 2 aromatic carbocycles. The summed E-state index contributed by atoms with van der Waals surface area (Å²) < 4.78 is 16.2. The molecule has 1 heterocycles. The number of methoxy groups -OCH3 is 2. The monoisotopic (exact) mass is 546 g/mol. The van der Waals surface area contributed by atoms with Crippen molar-refractivity contribution >= 4 is 47.2 Å². The van der Waals surface area contributed by atoms with Gasteiger partial charge in [0.1, 0.15) is 11.5 Å². The average Bonchev–Trinajstić information content (AvgIpc) is 2.75. The lowest BCUT2D eigenvalue weighted by molar-refractivity contribution is 0.0180. The molecule has 3 rings (SSSR count). The first-order valence-electron chi connectivity index (χ1n) is 9.47. The van der Waals surface area contributed by atoms with Gasteiger partial charge in [-0.2, -0.15) is 0 Å². The van der Waals surface area contributed by atoms with Crippen LogP contribution in [0, 0.1) is 0 Å². The Labute approximate surface area is 199 Å². The molecule has 1 unspecified atom stereocenters. The summed E-state index contributed by atoms with van der Waals surface area (Å²) in [4.78, 5) is 6.95. The van der Waals surface area contributed by atoms with E-state index in [2.05, 4.69) is 15.2 Å². The summed E-state index contributed by atoms with van der Waals surface area (Å²) in [5, 5.41) is 3.83. The number of morpholine rings is 1. The van der Waals surface area contributed by atoms with Crippen molar-refractivity contribution in [2.24, 2.45) is 10.7 Å². The molecule has 1 fully saturated rings. The van der Waals surface area contributed by atoms with Crippen LogP contribution in [0.2, 0.25) is 5.02 Å². The minimum absolute atomic E-state index is 0. The number of guanidine groups is 1. The molecule has 0 saturated carbocycles. The van der Waals surface area contributed by atoms with E-state index in [9.17, 15) is 0 Å². The van der Waals surface area contributed by atoms with Gasteiger partial charge in [0.2, 0.25) is 0 Å². The molecule has 0 aliphatic carbocycles. The van der Waals surface area contributed by atoms with E-state index in [0.717, 1.165) is 18.7 Å². The zero-order chi connectivity index (χ0) is 20.6.